The number of benzene rings is 2. The Morgan fingerprint density at radius 2 is 1.65 bits per heavy atom. The van der Waals surface area contributed by atoms with Gasteiger partial charge in [0.25, 0.3) is 0 Å². The van der Waals surface area contributed by atoms with Crippen molar-refractivity contribution in [1.29, 1.82) is 0 Å². The van der Waals surface area contributed by atoms with Gasteiger partial charge in [0, 0.05) is 31.0 Å². The molecule has 0 spiro atoms. The van der Waals surface area contributed by atoms with Crippen molar-refractivity contribution in [2.24, 2.45) is 5.73 Å². The number of hydrogen-bond acceptors (Lipinski definition) is 4. The van der Waals surface area contributed by atoms with Crippen LogP contribution in [0.4, 0.5) is 5.95 Å². The average Bonchev–Trinajstić information content (AvgIpc) is 2.53. The van der Waals surface area contributed by atoms with E-state index < -0.39 is 0 Å². The predicted molar refractivity (Wildman–Crippen MR) is 82.5 cm³/mol. The van der Waals surface area contributed by atoms with Crippen LogP contribution in [0.25, 0.3) is 21.9 Å². The lowest BCUT2D eigenvalue weighted by atomic mass is 10.0. The van der Waals surface area contributed by atoms with Gasteiger partial charge in [0.1, 0.15) is 0 Å². The van der Waals surface area contributed by atoms with Crippen molar-refractivity contribution >= 4 is 16.7 Å². The number of fused-ring (bicyclic) bond motifs is 1. The van der Waals surface area contributed by atoms with E-state index in [1.807, 2.05) is 24.5 Å². The van der Waals surface area contributed by atoms with Crippen molar-refractivity contribution < 1.29 is 0 Å². The Kier molecular flexibility index (Phi) is 3.56. The lowest BCUT2D eigenvalue weighted by Crippen LogP contribution is -2.14. The van der Waals surface area contributed by atoms with Gasteiger partial charge in [0.15, 0.2) is 0 Å². The standard InChI is InChI=1S/C16H16N4/c17-7-8-18-16-19-10-15(11-20-16)14-6-5-12-3-1-2-4-13(12)9-14/h1-6,9-11H,7-8,17H2,(H,18,19,20). The average molecular weight is 264 g/mol. The number of nitrogens with two attached hydrogens (primary N) is 1. The zero-order valence-electron chi connectivity index (χ0n) is 11.1. The SMILES string of the molecule is NCCNc1ncc(-c2ccc3ccccc3c2)cn1. The number of nitrogens with zero attached hydrogens (tertiary/aromatic N) is 2. The van der Waals surface area contributed by atoms with Crippen LogP contribution in [0.2, 0.25) is 0 Å². The molecule has 3 N–H and O–H groups in total. The summed E-state index contributed by atoms with van der Waals surface area (Å²) in [5.74, 6) is 0.611. The van der Waals surface area contributed by atoms with Gasteiger partial charge in [-0.1, -0.05) is 36.4 Å². The van der Waals surface area contributed by atoms with Gasteiger partial charge in [-0.2, -0.15) is 0 Å². The van der Waals surface area contributed by atoms with E-state index in [4.69, 9.17) is 5.73 Å². The minimum absolute atomic E-state index is 0.565. The third kappa shape index (κ3) is 2.60. The number of anilines is 1. The highest BCUT2D eigenvalue weighted by atomic mass is 15.1. The molecule has 0 aliphatic rings. The Labute approximate surface area is 117 Å². The maximum atomic E-state index is 5.43. The van der Waals surface area contributed by atoms with Crippen molar-refractivity contribution in [1.82, 2.24) is 9.97 Å². The predicted octanol–water partition coefficient (Wildman–Crippen LogP) is 2.67. The molecule has 4 nitrogen and oxygen atoms in total. The highest BCUT2D eigenvalue weighted by Crippen LogP contribution is 2.23. The Bertz CT molecular complexity index is 707. The summed E-state index contributed by atoms with van der Waals surface area (Å²) < 4.78 is 0. The molecule has 0 radical (unpaired) electrons. The summed E-state index contributed by atoms with van der Waals surface area (Å²) in [6.45, 7) is 1.24. The van der Waals surface area contributed by atoms with E-state index in [9.17, 15) is 0 Å². The molecule has 0 aliphatic carbocycles. The maximum Gasteiger partial charge on any atom is 0.222 e. The quantitative estimate of drug-likeness (QED) is 0.760. The molecule has 20 heavy (non-hydrogen) atoms. The van der Waals surface area contributed by atoms with Crippen LogP contribution in [0.5, 0.6) is 0 Å². The van der Waals surface area contributed by atoms with Gasteiger partial charge in [-0.05, 0) is 22.4 Å². The van der Waals surface area contributed by atoms with Crippen molar-refractivity contribution in [3.63, 3.8) is 0 Å². The van der Waals surface area contributed by atoms with Gasteiger partial charge >= 0.3 is 0 Å². The van der Waals surface area contributed by atoms with Crippen LogP contribution >= 0.6 is 0 Å². The van der Waals surface area contributed by atoms with Crippen molar-refractivity contribution in [2.75, 3.05) is 18.4 Å². The van der Waals surface area contributed by atoms with E-state index in [0.717, 1.165) is 11.1 Å². The monoisotopic (exact) mass is 264 g/mol. The van der Waals surface area contributed by atoms with Crippen LogP contribution in [-0.2, 0) is 0 Å². The lowest BCUT2D eigenvalue weighted by molar-refractivity contribution is 0.990. The molecule has 1 aromatic heterocycles. The molecule has 4 heteroatoms. The summed E-state index contributed by atoms with van der Waals surface area (Å²) in [4.78, 5) is 8.59. The van der Waals surface area contributed by atoms with E-state index in [1.54, 1.807) is 0 Å². The fraction of sp³-hybridized carbons (Fsp3) is 0.125. The lowest BCUT2D eigenvalue weighted by Gasteiger charge is -2.05. The van der Waals surface area contributed by atoms with E-state index in [0.29, 0.717) is 19.0 Å². The van der Waals surface area contributed by atoms with Crippen LogP contribution < -0.4 is 11.1 Å². The van der Waals surface area contributed by atoms with Crippen LogP contribution in [0.15, 0.2) is 54.9 Å². The van der Waals surface area contributed by atoms with Crippen LogP contribution in [0, 0.1) is 0 Å². The molecule has 0 unspecified atom stereocenters. The minimum atomic E-state index is 0.565. The van der Waals surface area contributed by atoms with Gasteiger partial charge < -0.3 is 11.1 Å². The van der Waals surface area contributed by atoms with Crippen LogP contribution in [-0.4, -0.2) is 23.1 Å². The maximum absolute atomic E-state index is 5.43. The molecule has 0 fully saturated rings. The Balaban J connectivity index is 1.90. The molecule has 0 aliphatic heterocycles. The molecule has 0 saturated carbocycles. The second-order valence-corrected chi connectivity index (χ2v) is 4.57. The number of aromatic nitrogens is 2. The molecule has 3 aromatic rings. The summed E-state index contributed by atoms with van der Waals surface area (Å²) in [5, 5.41) is 5.51. The van der Waals surface area contributed by atoms with E-state index >= 15 is 0 Å². The largest absolute Gasteiger partial charge is 0.353 e. The third-order valence-corrected chi connectivity index (χ3v) is 3.16. The summed E-state index contributed by atoms with van der Waals surface area (Å²) in [7, 11) is 0. The Morgan fingerprint density at radius 1 is 0.900 bits per heavy atom. The highest BCUT2D eigenvalue weighted by Gasteiger charge is 2.01. The number of rotatable bonds is 4. The zero-order chi connectivity index (χ0) is 13.8. The third-order valence-electron chi connectivity index (χ3n) is 3.16. The smallest absolute Gasteiger partial charge is 0.222 e. The number of hydrogen-bond donors (Lipinski definition) is 2. The van der Waals surface area contributed by atoms with E-state index in [2.05, 4.69) is 45.6 Å². The first-order valence-electron chi connectivity index (χ1n) is 6.62. The molecule has 0 bridgehead atoms. The second-order valence-electron chi connectivity index (χ2n) is 4.57. The molecular formula is C16H16N4. The molecule has 2 aromatic carbocycles. The molecule has 3 rings (SSSR count). The normalized spacial score (nSPS) is 10.7. The van der Waals surface area contributed by atoms with Gasteiger partial charge in [-0.15, -0.1) is 0 Å². The highest BCUT2D eigenvalue weighted by molar-refractivity contribution is 5.87. The fourth-order valence-electron chi connectivity index (χ4n) is 2.12. The second kappa shape index (κ2) is 5.67. The number of nitrogens with one attached hydrogen (secondary N) is 1. The van der Waals surface area contributed by atoms with Gasteiger partial charge in [0.2, 0.25) is 5.95 Å². The molecule has 0 atom stereocenters. The molecular weight excluding hydrogens is 248 g/mol. The first-order valence-corrected chi connectivity index (χ1v) is 6.62. The van der Waals surface area contributed by atoms with Crippen molar-refractivity contribution in [3.05, 3.63) is 54.9 Å². The molecule has 1 heterocycles. The first-order chi connectivity index (χ1) is 9.86. The van der Waals surface area contributed by atoms with Gasteiger partial charge in [-0.25, -0.2) is 9.97 Å². The van der Waals surface area contributed by atoms with E-state index in [-0.39, 0.29) is 0 Å². The van der Waals surface area contributed by atoms with Crippen LogP contribution in [0.3, 0.4) is 0 Å². The fourth-order valence-corrected chi connectivity index (χ4v) is 2.12. The van der Waals surface area contributed by atoms with Gasteiger partial charge in [0.05, 0.1) is 0 Å². The topological polar surface area (TPSA) is 63.8 Å². The van der Waals surface area contributed by atoms with Crippen molar-refractivity contribution in [3.8, 4) is 11.1 Å². The van der Waals surface area contributed by atoms with Crippen molar-refractivity contribution in [2.45, 2.75) is 0 Å². The van der Waals surface area contributed by atoms with Gasteiger partial charge in [-0.3, -0.25) is 0 Å². The summed E-state index contributed by atoms with van der Waals surface area (Å²) >= 11 is 0. The summed E-state index contributed by atoms with van der Waals surface area (Å²) in [6.07, 6.45) is 3.66. The Morgan fingerprint density at radius 3 is 2.40 bits per heavy atom. The molecule has 0 amide bonds. The molecule has 0 saturated heterocycles. The van der Waals surface area contributed by atoms with Crippen LogP contribution in [0.1, 0.15) is 0 Å². The molecule has 100 valence electrons. The summed E-state index contributed by atoms with van der Waals surface area (Å²) in [6, 6.07) is 14.7. The first kappa shape index (κ1) is 12.6. The minimum Gasteiger partial charge on any atom is -0.353 e. The van der Waals surface area contributed by atoms with E-state index in [1.165, 1.54) is 10.8 Å². The summed E-state index contributed by atoms with van der Waals surface area (Å²) in [5.41, 5.74) is 7.56. The Hall–Kier alpha value is -2.46. The zero-order valence-corrected chi connectivity index (χ0v) is 11.1.